The number of rotatable bonds is 1. The fourth-order valence-electron chi connectivity index (χ4n) is 2.24. The van der Waals surface area contributed by atoms with E-state index in [1.165, 1.54) is 0 Å². The van der Waals surface area contributed by atoms with Crippen molar-refractivity contribution < 1.29 is 4.42 Å². The zero-order valence-electron chi connectivity index (χ0n) is 10.1. The largest absolute Gasteiger partial charge is 0.456 e. The maximum atomic E-state index is 12.5. The average Bonchev–Trinajstić information content (AvgIpc) is 2.38. The van der Waals surface area contributed by atoms with Gasteiger partial charge in [0.25, 0.3) is 0 Å². The van der Waals surface area contributed by atoms with E-state index in [0.717, 1.165) is 11.1 Å². The maximum absolute atomic E-state index is 12.5. The van der Waals surface area contributed by atoms with Crippen molar-refractivity contribution in [3.8, 4) is 0 Å². The van der Waals surface area contributed by atoms with Crippen LogP contribution in [0.15, 0.2) is 45.6 Å². The molecule has 0 aliphatic heterocycles. The first-order chi connectivity index (χ1) is 8.70. The Balaban J connectivity index is 2.54. The molecule has 0 saturated carbocycles. The third-order valence-electron chi connectivity index (χ3n) is 3.21. The van der Waals surface area contributed by atoms with Gasteiger partial charge in [-0.1, -0.05) is 30.1 Å². The minimum absolute atomic E-state index is 0.0136. The molecular formula is C15H11BO2. The van der Waals surface area contributed by atoms with Crippen LogP contribution in [-0.4, -0.2) is 7.85 Å². The Morgan fingerprint density at radius 2 is 2.00 bits per heavy atom. The van der Waals surface area contributed by atoms with E-state index in [1.54, 1.807) is 6.07 Å². The van der Waals surface area contributed by atoms with Gasteiger partial charge in [0.05, 0.1) is 18.6 Å². The molecule has 0 unspecified atom stereocenters. The van der Waals surface area contributed by atoms with Crippen molar-refractivity contribution in [1.29, 1.82) is 0 Å². The Kier molecular flexibility index (Phi) is 2.48. The van der Waals surface area contributed by atoms with Crippen molar-refractivity contribution in [2.75, 3.05) is 0 Å². The van der Waals surface area contributed by atoms with Crippen LogP contribution in [0.2, 0.25) is 0 Å². The molecule has 1 aromatic heterocycles. The third kappa shape index (κ3) is 1.55. The summed E-state index contributed by atoms with van der Waals surface area (Å²) < 4.78 is 5.77. The molecule has 0 spiro atoms. The van der Waals surface area contributed by atoms with Gasteiger partial charge in [-0.2, -0.15) is 0 Å². The molecular weight excluding hydrogens is 223 g/mol. The molecule has 0 amide bonds. The van der Waals surface area contributed by atoms with E-state index in [1.807, 2.05) is 37.3 Å². The van der Waals surface area contributed by atoms with Crippen LogP contribution in [-0.2, 0) is 6.32 Å². The lowest BCUT2D eigenvalue weighted by Gasteiger charge is -2.04. The summed E-state index contributed by atoms with van der Waals surface area (Å²) in [5.74, 6) is 0. The van der Waals surface area contributed by atoms with Crippen molar-refractivity contribution in [3.05, 3.63) is 57.7 Å². The highest BCUT2D eigenvalue weighted by molar-refractivity contribution is 6.08. The summed E-state index contributed by atoms with van der Waals surface area (Å²) in [5.41, 5.74) is 3.12. The van der Waals surface area contributed by atoms with Gasteiger partial charge in [0.1, 0.15) is 11.2 Å². The summed E-state index contributed by atoms with van der Waals surface area (Å²) in [6.07, 6.45) is 0.418. The summed E-state index contributed by atoms with van der Waals surface area (Å²) in [6, 6.07) is 11.1. The average molecular weight is 234 g/mol. The van der Waals surface area contributed by atoms with Crippen LogP contribution >= 0.6 is 0 Å². The molecule has 2 aromatic carbocycles. The molecule has 0 saturated heterocycles. The Bertz CT molecular complexity index is 803. The Labute approximate surface area is 106 Å². The molecule has 0 bridgehead atoms. The minimum Gasteiger partial charge on any atom is -0.456 e. The van der Waals surface area contributed by atoms with Crippen LogP contribution < -0.4 is 5.43 Å². The Morgan fingerprint density at radius 1 is 1.17 bits per heavy atom. The molecule has 2 radical (unpaired) electrons. The lowest BCUT2D eigenvalue weighted by atomic mass is 9.95. The van der Waals surface area contributed by atoms with Gasteiger partial charge in [0.15, 0.2) is 0 Å². The summed E-state index contributed by atoms with van der Waals surface area (Å²) in [5, 5.41) is 1.25. The topological polar surface area (TPSA) is 30.2 Å². The fourth-order valence-corrected chi connectivity index (χ4v) is 2.24. The van der Waals surface area contributed by atoms with Crippen LogP contribution in [0.3, 0.4) is 0 Å². The predicted molar refractivity (Wildman–Crippen MR) is 74.2 cm³/mol. The van der Waals surface area contributed by atoms with E-state index < -0.39 is 0 Å². The van der Waals surface area contributed by atoms with Gasteiger partial charge in [-0.3, -0.25) is 4.79 Å². The monoisotopic (exact) mass is 234 g/mol. The standard InChI is InChI=1S/C15H11BO2/c1-9-3-2-4-13-14(9)15(17)11-7-10(8-16)5-6-12(11)18-13/h2-7H,8H2,1H3. The summed E-state index contributed by atoms with van der Waals surface area (Å²) >= 11 is 0. The van der Waals surface area contributed by atoms with Crippen LogP contribution in [0.4, 0.5) is 0 Å². The highest BCUT2D eigenvalue weighted by atomic mass is 16.3. The highest BCUT2D eigenvalue weighted by Crippen LogP contribution is 2.21. The molecule has 18 heavy (non-hydrogen) atoms. The normalized spacial score (nSPS) is 11.2. The number of aryl methyl sites for hydroxylation is 1. The molecule has 3 aromatic rings. The molecule has 0 fully saturated rings. The molecule has 86 valence electrons. The SMILES string of the molecule is [B]Cc1ccc2oc3cccc(C)c3c(=O)c2c1. The minimum atomic E-state index is 0.0136. The second-order valence-corrected chi connectivity index (χ2v) is 4.41. The van der Waals surface area contributed by atoms with E-state index in [9.17, 15) is 4.79 Å². The summed E-state index contributed by atoms with van der Waals surface area (Å²) in [7, 11) is 5.60. The van der Waals surface area contributed by atoms with Crippen LogP contribution in [0.5, 0.6) is 0 Å². The van der Waals surface area contributed by atoms with E-state index in [0.29, 0.717) is 28.3 Å². The smallest absolute Gasteiger partial charge is 0.200 e. The lowest BCUT2D eigenvalue weighted by Crippen LogP contribution is -2.04. The number of fused-ring (bicyclic) bond motifs is 2. The van der Waals surface area contributed by atoms with Gasteiger partial charge in [0, 0.05) is 0 Å². The number of hydrogen-bond donors (Lipinski definition) is 0. The van der Waals surface area contributed by atoms with Crippen molar-refractivity contribution in [2.45, 2.75) is 13.2 Å². The van der Waals surface area contributed by atoms with E-state index in [-0.39, 0.29) is 5.43 Å². The quantitative estimate of drug-likeness (QED) is 0.478. The third-order valence-corrected chi connectivity index (χ3v) is 3.21. The van der Waals surface area contributed by atoms with E-state index in [2.05, 4.69) is 0 Å². The highest BCUT2D eigenvalue weighted by Gasteiger charge is 2.09. The first-order valence-corrected chi connectivity index (χ1v) is 5.86. The van der Waals surface area contributed by atoms with E-state index >= 15 is 0 Å². The molecule has 0 N–H and O–H groups in total. The van der Waals surface area contributed by atoms with E-state index in [4.69, 9.17) is 12.3 Å². The molecule has 1 heterocycles. The van der Waals surface area contributed by atoms with Crippen molar-refractivity contribution in [2.24, 2.45) is 0 Å². The maximum Gasteiger partial charge on any atom is 0.200 e. The van der Waals surface area contributed by atoms with Gasteiger partial charge in [-0.25, -0.2) is 0 Å². The molecule has 3 rings (SSSR count). The second-order valence-electron chi connectivity index (χ2n) is 4.41. The summed E-state index contributed by atoms with van der Waals surface area (Å²) in [4.78, 5) is 12.5. The Hall–Kier alpha value is -2.03. The van der Waals surface area contributed by atoms with Crippen molar-refractivity contribution >= 4 is 29.8 Å². The van der Waals surface area contributed by atoms with Crippen LogP contribution in [0.25, 0.3) is 21.9 Å². The van der Waals surface area contributed by atoms with Gasteiger partial charge in [-0.05, 0) is 30.7 Å². The van der Waals surface area contributed by atoms with Gasteiger partial charge < -0.3 is 4.42 Å². The zero-order chi connectivity index (χ0) is 12.7. The number of benzene rings is 2. The second kappa shape index (κ2) is 4.02. The van der Waals surface area contributed by atoms with Gasteiger partial charge >= 0.3 is 0 Å². The first kappa shape index (κ1) is 11.1. The molecule has 2 nitrogen and oxygen atoms in total. The van der Waals surface area contributed by atoms with Crippen molar-refractivity contribution in [3.63, 3.8) is 0 Å². The molecule has 0 aliphatic carbocycles. The van der Waals surface area contributed by atoms with Crippen LogP contribution in [0.1, 0.15) is 11.1 Å². The van der Waals surface area contributed by atoms with Crippen LogP contribution in [0, 0.1) is 6.92 Å². The molecule has 0 aliphatic rings. The zero-order valence-corrected chi connectivity index (χ0v) is 10.1. The number of hydrogen-bond acceptors (Lipinski definition) is 2. The predicted octanol–water partition coefficient (Wildman–Crippen LogP) is 2.92. The van der Waals surface area contributed by atoms with Gasteiger partial charge in [0.2, 0.25) is 5.43 Å². The van der Waals surface area contributed by atoms with Crippen molar-refractivity contribution in [1.82, 2.24) is 0 Å². The lowest BCUT2D eigenvalue weighted by molar-refractivity contribution is 0.659. The molecule has 3 heteroatoms. The Morgan fingerprint density at radius 3 is 2.78 bits per heavy atom. The molecule has 0 atom stereocenters. The summed E-state index contributed by atoms with van der Waals surface area (Å²) in [6.45, 7) is 1.91. The van der Waals surface area contributed by atoms with Gasteiger partial charge in [-0.15, -0.1) is 0 Å². The first-order valence-electron chi connectivity index (χ1n) is 5.86. The fraction of sp³-hybridized carbons (Fsp3) is 0.133.